The van der Waals surface area contributed by atoms with Gasteiger partial charge in [0.15, 0.2) is 6.10 Å². The van der Waals surface area contributed by atoms with E-state index < -0.39 is 6.10 Å². The van der Waals surface area contributed by atoms with Gasteiger partial charge in [0.05, 0.1) is 0 Å². The van der Waals surface area contributed by atoms with Gasteiger partial charge in [0.2, 0.25) is 0 Å². The third kappa shape index (κ3) is 43.5. The molecule has 0 aromatic rings. The van der Waals surface area contributed by atoms with Crippen LogP contribution in [0.4, 0.5) is 0 Å². The Bertz CT molecular complexity index is 1200. The lowest BCUT2D eigenvalue weighted by molar-refractivity contribution is -0.167. The van der Waals surface area contributed by atoms with Crippen molar-refractivity contribution in [2.45, 2.75) is 200 Å². The van der Waals surface area contributed by atoms with Gasteiger partial charge in [-0.1, -0.05) is 176 Å². The van der Waals surface area contributed by atoms with Gasteiger partial charge in [-0.25, -0.2) is 0 Å². The lowest BCUT2D eigenvalue weighted by Crippen LogP contribution is -2.30. The zero-order valence-electron chi connectivity index (χ0n) is 37.3. The number of hydrogen-bond donors (Lipinski definition) is 0. The van der Waals surface area contributed by atoms with Crippen LogP contribution in [0.2, 0.25) is 0 Å². The molecule has 0 saturated heterocycles. The maximum atomic E-state index is 12.7. The predicted molar refractivity (Wildman–Crippen MR) is 247 cm³/mol. The molecule has 0 aliphatic rings. The van der Waals surface area contributed by atoms with Crippen LogP contribution >= 0.6 is 0 Å². The van der Waals surface area contributed by atoms with Gasteiger partial charge in [-0.2, -0.15) is 0 Å². The first-order chi connectivity index (χ1) is 28.5. The molecule has 0 aromatic heterocycles. The molecule has 58 heavy (non-hydrogen) atoms. The van der Waals surface area contributed by atoms with Crippen LogP contribution in [0.25, 0.3) is 0 Å². The highest BCUT2D eigenvalue weighted by molar-refractivity contribution is 5.71. The monoisotopic (exact) mass is 805 g/mol. The molecule has 6 nitrogen and oxygen atoms in total. The summed E-state index contributed by atoms with van der Waals surface area (Å²) < 4.78 is 16.7. The van der Waals surface area contributed by atoms with Gasteiger partial charge in [-0.05, 0) is 96.3 Å². The number of esters is 3. The summed E-state index contributed by atoms with van der Waals surface area (Å²) in [5.41, 5.74) is 0. The van der Waals surface area contributed by atoms with Crippen LogP contribution in [0.3, 0.4) is 0 Å². The van der Waals surface area contributed by atoms with Gasteiger partial charge < -0.3 is 14.2 Å². The molecule has 0 spiro atoms. The largest absolute Gasteiger partial charge is 0.462 e. The summed E-state index contributed by atoms with van der Waals surface area (Å²) in [6.45, 7) is 6.27. The molecule has 0 heterocycles. The maximum Gasteiger partial charge on any atom is 0.306 e. The highest BCUT2D eigenvalue weighted by atomic mass is 16.6. The average molecular weight is 805 g/mol. The number of allylic oxidation sites excluding steroid dienone is 16. The lowest BCUT2D eigenvalue weighted by atomic mass is 10.1. The van der Waals surface area contributed by atoms with Crippen molar-refractivity contribution in [2.24, 2.45) is 0 Å². The standard InChI is InChI=1S/C52H84O6/c1-4-7-10-13-16-19-22-24-25-26-28-30-33-36-39-42-45-51(54)57-48-49(47-56-50(53)44-41-38-35-32-29-21-18-15-12-9-6-3)58-52(55)46-43-40-37-34-31-27-23-20-17-14-11-8-5-2/h7-8,10-11,14-20,23-25,28,30,49H,4-6,9,12-13,21-22,26-27,29,31-48H2,1-3H3/b10-7-,11-8-,17-14-,18-15-,19-16-,23-20-,25-24-,30-28-. The molecule has 328 valence electrons. The van der Waals surface area contributed by atoms with Crippen LogP contribution in [0.5, 0.6) is 0 Å². The number of hydrogen-bond acceptors (Lipinski definition) is 6. The molecule has 0 fully saturated rings. The summed E-state index contributed by atoms with van der Waals surface area (Å²) in [4.78, 5) is 37.8. The molecule has 0 N–H and O–H groups in total. The highest BCUT2D eigenvalue weighted by Gasteiger charge is 2.19. The fourth-order valence-electron chi connectivity index (χ4n) is 5.88. The lowest BCUT2D eigenvalue weighted by Gasteiger charge is -2.18. The van der Waals surface area contributed by atoms with Crippen molar-refractivity contribution >= 4 is 17.9 Å². The normalized spacial score (nSPS) is 12.9. The van der Waals surface area contributed by atoms with E-state index in [2.05, 4.69) is 112 Å². The van der Waals surface area contributed by atoms with Gasteiger partial charge in [-0.15, -0.1) is 0 Å². The minimum atomic E-state index is -0.803. The molecule has 1 unspecified atom stereocenters. The van der Waals surface area contributed by atoms with Crippen LogP contribution in [-0.2, 0) is 28.6 Å². The van der Waals surface area contributed by atoms with Crippen molar-refractivity contribution in [1.82, 2.24) is 0 Å². The number of ether oxygens (including phenoxy) is 3. The summed E-state index contributed by atoms with van der Waals surface area (Å²) in [6.07, 6.45) is 59.6. The minimum Gasteiger partial charge on any atom is -0.462 e. The van der Waals surface area contributed by atoms with E-state index in [9.17, 15) is 14.4 Å². The van der Waals surface area contributed by atoms with Crippen molar-refractivity contribution < 1.29 is 28.6 Å². The third-order valence-corrected chi connectivity index (χ3v) is 9.36. The number of carbonyl (C=O) groups is 3. The fraction of sp³-hybridized carbons (Fsp3) is 0.635. The van der Waals surface area contributed by atoms with Crippen LogP contribution in [-0.4, -0.2) is 37.2 Å². The third-order valence-electron chi connectivity index (χ3n) is 9.36. The summed E-state index contributed by atoms with van der Waals surface area (Å²) in [5, 5.41) is 0. The van der Waals surface area contributed by atoms with Gasteiger partial charge in [0.1, 0.15) is 13.2 Å². The van der Waals surface area contributed by atoms with Crippen molar-refractivity contribution in [2.75, 3.05) is 13.2 Å². The fourth-order valence-corrected chi connectivity index (χ4v) is 5.88. The predicted octanol–water partition coefficient (Wildman–Crippen LogP) is 15.0. The smallest absolute Gasteiger partial charge is 0.306 e. The zero-order chi connectivity index (χ0) is 42.3. The van der Waals surface area contributed by atoms with Crippen molar-refractivity contribution in [1.29, 1.82) is 0 Å². The van der Waals surface area contributed by atoms with Gasteiger partial charge in [0.25, 0.3) is 0 Å². The topological polar surface area (TPSA) is 78.9 Å². The summed E-state index contributed by atoms with van der Waals surface area (Å²) in [7, 11) is 0. The molecule has 6 heteroatoms. The average Bonchev–Trinajstić information content (AvgIpc) is 3.22. The Hall–Kier alpha value is -3.67. The van der Waals surface area contributed by atoms with Gasteiger partial charge in [-0.3, -0.25) is 14.4 Å². The first-order valence-corrected chi connectivity index (χ1v) is 23.3. The Morgan fingerprint density at radius 2 is 0.759 bits per heavy atom. The summed E-state index contributed by atoms with van der Waals surface area (Å²) >= 11 is 0. The first kappa shape index (κ1) is 54.3. The Labute approximate surface area is 356 Å². The number of unbranched alkanes of at least 4 members (excludes halogenated alkanes) is 15. The second-order valence-corrected chi connectivity index (χ2v) is 15.0. The molecule has 0 saturated carbocycles. The molecule has 0 aromatic carbocycles. The molecular weight excluding hydrogens is 721 g/mol. The van der Waals surface area contributed by atoms with E-state index in [1.54, 1.807) is 0 Å². The maximum absolute atomic E-state index is 12.7. The minimum absolute atomic E-state index is 0.102. The molecule has 0 amide bonds. The quantitative estimate of drug-likeness (QED) is 0.0202. The zero-order valence-corrected chi connectivity index (χ0v) is 37.3. The second kappa shape index (κ2) is 46.0. The van der Waals surface area contributed by atoms with Crippen LogP contribution in [0.1, 0.15) is 194 Å². The van der Waals surface area contributed by atoms with Crippen molar-refractivity contribution in [3.63, 3.8) is 0 Å². The molecule has 0 aliphatic heterocycles. The van der Waals surface area contributed by atoms with E-state index in [-0.39, 0.29) is 31.1 Å². The molecule has 1 atom stereocenters. The van der Waals surface area contributed by atoms with E-state index in [0.29, 0.717) is 19.3 Å². The molecule has 0 bridgehead atoms. The summed E-state index contributed by atoms with van der Waals surface area (Å²) in [6, 6.07) is 0. The Balaban J connectivity index is 4.49. The second-order valence-electron chi connectivity index (χ2n) is 15.0. The van der Waals surface area contributed by atoms with Crippen molar-refractivity contribution in [3.8, 4) is 0 Å². The Kier molecular flexibility index (Phi) is 43.1. The Morgan fingerprint density at radius 1 is 0.379 bits per heavy atom. The van der Waals surface area contributed by atoms with Crippen LogP contribution in [0, 0.1) is 0 Å². The number of rotatable bonds is 40. The molecule has 0 radical (unpaired) electrons. The van der Waals surface area contributed by atoms with E-state index in [1.165, 1.54) is 25.7 Å². The number of carbonyl (C=O) groups excluding carboxylic acids is 3. The first-order valence-electron chi connectivity index (χ1n) is 23.3. The van der Waals surface area contributed by atoms with Crippen LogP contribution in [0.15, 0.2) is 97.2 Å². The Morgan fingerprint density at radius 3 is 1.28 bits per heavy atom. The highest BCUT2D eigenvalue weighted by Crippen LogP contribution is 2.12. The molecular formula is C52H84O6. The van der Waals surface area contributed by atoms with E-state index in [1.807, 2.05) is 6.08 Å². The molecule has 0 rings (SSSR count). The van der Waals surface area contributed by atoms with Gasteiger partial charge >= 0.3 is 17.9 Å². The van der Waals surface area contributed by atoms with E-state index in [0.717, 1.165) is 128 Å². The summed E-state index contributed by atoms with van der Waals surface area (Å²) in [5.74, 6) is -0.974. The molecule has 0 aliphatic carbocycles. The van der Waals surface area contributed by atoms with E-state index >= 15 is 0 Å². The van der Waals surface area contributed by atoms with Crippen LogP contribution < -0.4 is 0 Å². The SMILES string of the molecule is CC\C=C/C=C\C=C/CCCCCCCC(=O)OC(COC(=O)CCCCC/C=C\C/C=C\C/C=C\C/C=C\CC)COC(=O)CCCCCCC/C=C\CCCC. The van der Waals surface area contributed by atoms with E-state index in [4.69, 9.17) is 14.2 Å². The van der Waals surface area contributed by atoms with Crippen molar-refractivity contribution in [3.05, 3.63) is 97.2 Å². The van der Waals surface area contributed by atoms with Gasteiger partial charge in [0, 0.05) is 19.3 Å².